The second-order valence-corrected chi connectivity index (χ2v) is 2.42. The van der Waals surface area contributed by atoms with Gasteiger partial charge < -0.3 is 5.11 Å². The molecule has 78 valence electrons. The summed E-state index contributed by atoms with van der Waals surface area (Å²) in [7, 11) is 0. The van der Waals surface area contributed by atoms with Gasteiger partial charge in [-0.05, 0) is 6.07 Å². The minimum Gasteiger partial charge on any atom is -0.478 e. The van der Waals surface area contributed by atoms with Crippen LogP contribution < -0.4 is 5.48 Å². The van der Waals surface area contributed by atoms with E-state index in [0.29, 0.717) is 0 Å². The molecule has 0 aromatic carbocycles. The number of aromatic carboxylic acids is 1. The average molecular weight is 210 g/mol. The summed E-state index contributed by atoms with van der Waals surface area (Å²) < 4.78 is 13.3. The highest BCUT2D eigenvalue weighted by molar-refractivity contribution is 5.88. The van der Waals surface area contributed by atoms with Crippen LogP contribution in [-0.2, 0) is 4.84 Å². The summed E-state index contributed by atoms with van der Waals surface area (Å²) in [5.74, 6) is -0.549. The number of terminal acetylenes is 1. The number of hydrogen-bond acceptors (Lipinski definition) is 4. The molecule has 0 fully saturated rings. The molecule has 0 spiro atoms. The van der Waals surface area contributed by atoms with E-state index in [9.17, 15) is 9.18 Å². The molecular formula is C9H7FN2O3. The molecule has 1 aromatic rings. The number of hydrogen-bond donors (Lipinski definition) is 2. The molecular weight excluding hydrogens is 203 g/mol. The summed E-state index contributed by atoms with van der Waals surface area (Å²) in [6, 6.07) is 1.05. The summed E-state index contributed by atoms with van der Waals surface area (Å²) in [6.07, 6.45) is 6.03. The molecule has 0 atom stereocenters. The van der Waals surface area contributed by atoms with Gasteiger partial charge in [0.1, 0.15) is 12.2 Å². The van der Waals surface area contributed by atoms with Crippen molar-refractivity contribution in [1.82, 2.24) is 4.98 Å². The van der Waals surface area contributed by atoms with Crippen LogP contribution in [-0.4, -0.2) is 22.7 Å². The van der Waals surface area contributed by atoms with Crippen molar-refractivity contribution in [2.24, 2.45) is 0 Å². The van der Waals surface area contributed by atoms with Crippen molar-refractivity contribution in [1.29, 1.82) is 0 Å². The largest absolute Gasteiger partial charge is 0.478 e. The van der Waals surface area contributed by atoms with Crippen LogP contribution in [0.15, 0.2) is 12.3 Å². The van der Waals surface area contributed by atoms with Gasteiger partial charge in [0.25, 0.3) is 0 Å². The topological polar surface area (TPSA) is 71.5 Å². The van der Waals surface area contributed by atoms with E-state index in [1.807, 2.05) is 0 Å². The molecule has 6 heteroatoms. The zero-order valence-electron chi connectivity index (χ0n) is 7.53. The standard InChI is InChI=1S/C9H7FN2O3/c1-2-5-15-12-8-7(10)6(9(13)14)3-4-11-8/h1,3-4H,5H2,(H,11,12)(H,13,14). The minimum atomic E-state index is -1.38. The Hall–Kier alpha value is -2.13. The first kappa shape index (κ1) is 10.9. The molecule has 0 bridgehead atoms. The maximum absolute atomic E-state index is 13.3. The number of aromatic nitrogens is 1. The van der Waals surface area contributed by atoms with Crippen molar-refractivity contribution in [3.05, 3.63) is 23.6 Å². The average Bonchev–Trinajstić information content (AvgIpc) is 2.20. The van der Waals surface area contributed by atoms with Gasteiger partial charge in [0.15, 0.2) is 11.6 Å². The molecule has 1 aromatic heterocycles. The van der Waals surface area contributed by atoms with E-state index in [4.69, 9.17) is 11.5 Å². The summed E-state index contributed by atoms with van der Waals surface area (Å²) in [4.78, 5) is 18.7. The Balaban J connectivity index is 2.86. The predicted octanol–water partition coefficient (Wildman–Crippen LogP) is 0.896. The van der Waals surface area contributed by atoms with E-state index in [0.717, 1.165) is 12.3 Å². The van der Waals surface area contributed by atoms with Gasteiger partial charge in [-0.2, -0.15) is 0 Å². The van der Waals surface area contributed by atoms with Crippen LogP contribution in [0, 0.1) is 18.2 Å². The fourth-order valence-electron chi connectivity index (χ4n) is 0.826. The Morgan fingerprint density at radius 3 is 3.13 bits per heavy atom. The molecule has 0 saturated heterocycles. The number of pyridine rings is 1. The van der Waals surface area contributed by atoms with E-state index < -0.39 is 17.3 Å². The number of nitrogens with zero attached hydrogens (tertiary/aromatic N) is 1. The fraction of sp³-hybridized carbons (Fsp3) is 0.111. The Labute approximate surface area is 84.8 Å². The molecule has 5 nitrogen and oxygen atoms in total. The number of rotatable bonds is 4. The van der Waals surface area contributed by atoms with Crippen molar-refractivity contribution in [3.8, 4) is 12.3 Å². The third-order valence-electron chi connectivity index (χ3n) is 1.44. The highest BCUT2D eigenvalue weighted by atomic mass is 19.1. The van der Waals surface area contributed by atoms with Crippen LogP contribution in [0.3, 0.4) is 0 Å². The van der Waals surface area contributed by atoms with Crippen molar-refractivity contribution < 1.29 is 19.1 Å². The fourth-order valence-corrected chi connectivity index (χ4v) is 0.826. The van der Waals surface area contributed by atoms with Gasteiger partial charge in [0.2, 0.25) is 0 Å². The van der Waals surface area contributed by atoms with Crippen LogP contribution >= 0.6 is 0 Å². The van der Waals surface area contributed by atoms with Crippen LogP contribution in [0.2, 0.25) is 0 Å². The molecule has 1 heterocycles. The van der Waals surface area contributed by atoms with Gasteiger partial charge in [0.05, 0.1) is 0 Å². The molecule has 0 radical (unpaired) electrons. The van der Waals surface area contributed by atoms with Crippen LogP contribution in [0.4, 0.5) is 10.2 Å². The van der Waals surface area contributed by atoms with Gasteiger partial charge in [-0.3, -0.25) is 4.84 Å². The molecule has 0 amide bonds. The van der Waals surface area contributed by atoms with E-state index >= 15 is 0 Å². The smallest absolute Gasteiger partial charge is 0.338 e. The van der Waals surface area contributed by atoms with Gasteiger partial charge in [0, 0.05) is 6.20 Å². The zero-order valence-corrected chi connectivity index (χ0v) is 7.53. The molecule has 0 aliphatic heterocycles. The van der Waals surface area contributed by atoms with Crippen molar-refractivity contribution in [2.45, 2.75) is 0 Å². The lowest BCUT2D eigenvalue weighted by atomic mass is 10.2. The Morgan fingerprint density at radius 1 is 1.80 bits per heavy atom. The van der Waals surface area contributed by atoms with Crippen molar-refractivity contribution >= 4 is 11.8 Å². The Bertz CT molecular complexity index is 414. The summed E-state index contributed by atoms with van der Waals surface area (Å²) in [5.41, 5.74) is 1.63. The molecule has 0 unspecified atom stereocenters. The second-order valence-electron chi connectivity index (χ2n) is 2.42. The van der Waals surface area contributed by atoms with Gasteiger partial charge in [-0.25, -0.2) is 19.6 Å². The lowest BCUT2D eigenvalue weighted by Crippen LogP contribution is -2.09. The molecule has 0 aliphatic rings. The minimum absolute atomic E-state index is 0.0849. The first-order valence-corrected chi connectivity index (χ1v) is 3.86. The maximum atomic E-state index is 13.3. The third-order valence-corrected chi connectivity index (χ3v) is 1.44. The van der Waals surface area contributed by atoms with Crippen LogP contribution in [0.1, 0.15) is 10.4 Å². The number of carboxylic acid groups (broad SMARTS) is 1. The molecule has 0 saturated carbocycles. The van der Waals surface area contributed by atoms with Gasteiger partial charge in [-0.15, -0.1) is 6.42 Å². The van der Waals surface area contributed by atoms with Gasteiger partial charge in [-0.1, -0.05) is 5.92 Å². The molecule has 2 N–H and O–H groups in total. The number of anilines is 1. The quantitative estimate of drug-likeness (QED) is 0.438. The Morgan fingerprint density at radius 2 is 2.53 bits per heavy atom. The number of carboxylic acids is 1. The highest BCUT2D eigenvalue weighted by Gasteiger charge is 2.14. The van der Waals surface area contributed by atoms with Crippen LogP contribution in [0.25, 0.3) is 0 Å². The van der Waals surface area contributed by atoms with Gasteiger partial charge >= 0.3 is 5.97 Å². The maximum Gasteiger partial charge on any atom is 0.338 e. The number of halogens is 1. The molecule has 15 heavy (non-hydrogen) atoms. The zero-order chi connectivity index (χ0) is 11.3. The third kappa shape index (κ3) is 2.65. The number of nitrogens with one attached hydrogen (secondary N) is 1. The summed E-state index contributed by atoms with van der Waals surface area (Å²) in [6.45, 7) is -0.0849. The molecule has 0 aliphatic carbocycles. The molecule has 1 rings (SSSR count). The second kappa shape index (κ2) is 4.93. The van der Waals surface area contributed by atoms with E-state index in [2.05, 4.69) is 21.2 Å². The van der Waals surface area contributed by atoms with Crippen LogP contribution in [0.5, 0.6) is 0 Å². The number of carbonyl (C=O) groups is 1. The van der Waals surface area contributed by atoms with Crippen molar-refractivity contribution in [3.63, 3.8) is 0 Å². The predicted molar refractivity (Wildman–Crippen MR) is 49.6 cm³/mol. The lowest BCUT2D eigenvalue weighted by Gasteiger charge is -2.05. The van der Waals surface area contributed by atoms with Crippen molar-refractivity contribution in [2.75, 3.05) is 12.1 Å². The van der Waals surface area contributed by atoms with E-state index in [1.165, 1.54) is 0 Å². The van der Waals surface area contributed by atoms with E-state index in [-0.39, 0.29) is 12.4 Å². The summed E-state index contributed by atoms with van der Waals surface area (Å²) in [5, 5.41) is 8.59. The van der Waals surface area contributed by atoms with E-state index in [1.54, 1.807) is 0 Å². The monoisotopic (exact) mass is 210 g/mol. The first-order chi connectivity index (χ1) is 7.16. The summed E-state index contributed by atoms with van der Waals surface area (Å²) >= 11 is 0. The first-order valence-electron chi connectivity index (χ1n) is 3.86. The SMILES string of the molecule is C#CCONc1nccc(C(=O)O)c1F. The highest BCUT2D eigenvalue weighted by Crippen LogP contribution is 2.14. The Kier molecular flexibility index (Phi) is 3.60. The lowest BCUT2D eigenvalue weighted by molar-refractivity contribution is 0.0691. The normalized spacial score (nSPS) is 9.33.